The minimum absolute atomic E-state index is 0.104. The molecule has 2 rings (SSSR count). The topological polar surface area (TPSA) is 32.3 Å². The Morgan fingerprint density at radius 1 is 1.19 bits per heavy atom. The molecule has 0 saturated heterocycles. The molecule has 2 aromatic carbocycles. The van der Waals surface area contributed by atoms with Gasteiger partial charge in [-0.3, -0.25) is 4.79 Å². The first kappa shape index (κ1) is 15.7. The number of nitrogens with one attached hydrogen (secondary N) is 1. The largest absolute Gasteiger partial charge is 0.322 e. The van der Waals surface area contributed by atoms with Gasteiger partial charge in [0.25, 0.3) is 5.91 Å². The van der Waals surface area contributed by atoms with Gasteiger partial charge in [-0.2, -0.15) is 0 Å². The van der Waals surface area contributed by atoms with Gasteiger partial charge in [0, 0.05) is 16.7 Å². The molecule has 0 unspecified atom stereocenters. The maximum atomic E-state index is 12.4. The Hall–Kier alpha value is -1.65. The van der Waals surface area contributed by atoms with Gasteiger partial charge in [-0.25, -0.2) is 0 Å². The fourth-order valence-electron chi connectivity index (χ4n) is 2.11. The number of para-hydroxylation sites is 1. The number of nitrogens with zero attached hydrogens (tertiary/aromatic N) is 1. The Balaban J connectivity index is 2.23. The Morgan fingerprint density at radius 3 is 2.57 bits per heavy atom. The van der Waals surface area contributed by atoms with Gasteiger partial charge in [0.15, 0.2) is 0 Å². The summed E-state index contributed by atoms with van der Waals surface area (Å²) in [7, 11) is 4.02. The van der Waals surface area contributed by atoms with Crippen molar-refractivity contribution in [3.63, 3.8) is 0 Å². The summed E-state index contributed by atoms with van der Waals surface area (Å²) in [6.45, 7) is 2.78. The number of carbonyl (C=O) groups excluding carboxylic acids is 1. The number of halogens is 1. The lowest BCUT2D eigenvalue weighted by atomic mass is 10.1. The molecule has 21 heavy (non-hydrogen) atoms. The molecule has 0 heterocycles. The third kappa shape index (κ3) is 4.16. The lowest BCUT2D eigenvalue weighted by Crippen LogP contribution is -2.17. The highest BCUT2D eigenvalue weighted by Crippen LogP contribution is 2.22. The Kier molecular flexibility index (Phi) is 5.15. The van der Waals surface area contributed by atoms with Gasteiger partial charge in [-0.15, -0.1) is 0 Å². The molecule has 0 fully saturated rings. The normalized spacial score (nSPS) is 10.7. The van der Waals surface area contributed by atoms with Crippen molar-refractivity contribution in [2.75, 3.05) is 19.4 Å². The number of carbonyl (C=O) groups is 1. The molecule has 0 bridgehead atoms. The molecular formula is C17H19BrN2O. The van der Waals surface area contributed by atoms with E-state index in [1.807, 2.05) is 63.5 Å². The number of hydrogen-bond acceptors (Lipinski definition) is 2. The molecule has 1 N–H and O–H groups in total. The standard InChI is InChI=1S/C17H19BrN2O/c1-12-8-9-14(15(18)10-12)17(21)19-16-7-5-4-6-13(16)11-20(2)3/h4-10H,11H2,1-3H3,(H,19,21). The molecule has 1 amide bonds. The van der Waals surface area contributed by atoms with Crippen LogP contribution >= 0.6 is 15.9 Å². The van der Waals surface area contributed by atoms with Crippen molar-refractivity contribution in [3.8, 4) is 0 Å². The molecule has 2 aromatic rings. The molecule has 0 saturated carbocycles. The van der Waals surface area contributed by atoms with Crippen LogP contribution in [0.1, 0.15) is 21.5 Å². The molecule has 0 aromatic heterocycles. The second-order valence-electron chi connectivity index (χ2n) is 5.33. The van der Waals surface area contributed by atoms with E-state index in [1.54, 1.807) is 0 Å². The smallest absolute Gasteiger partial charge is 0.256 e. The van der Waals surface area contributed by atoms with Crippen molar-refractivity contribution < 1.29 is 4.79 Å². The quantitative estimate of drug-likeness (QED) is 0.904. The Morgan fingerprint density at radius 2 is 1.90 bits per heavy atom. The molecule has 4 heteroatoms. The van der Waals surface area contributed by atoms with Gasteiger partial charge in [0.1, 0.15) is 0 Å². The molecular weight excluding hydrogens is 328 g/mol. The number of benzene rings is 2. The van der Waals surface area contributed by atoms with E-state index in [0.717, 1.165) is 27.8 Å². The summed E-state index contributed by atoms with van der Waals surface area (Å²) in [6.07, 6.45) is 0. The highest BCUT2D eigenvalue weighted by molar-refractivity contribution is 9.10. The molecule has 0 spiro atoms. The van der Waals surface area contributed by atoms with E-state index in [2.05, 4.69) is 26.1 Å². The number of aryl methyl sites for hydroxylation is 1. The Bertz CT molecular complexity index is 653. The fourth-order valence-corrected chi connectivity index (χ4v) is 2.79. The van der Waals surface area contributed by atoms with Crippen molar-refractivity contribution in [2.45, 2.75) is 13.5 Å². The minimum Gasteiger partial charge on any atom is -0.322 e. The van der Waals surface area contributed by atoms with Crippen molar-refractivity contribution in [3.05, 3.63) is 63.6 Å². The summed E-state index contributed by atoms with van der Waals surface area (Å²) in [6, 6.07) is 13.6. The maximum Gasteiger partial charge on any atom is 0.256 e. The molecule has 0 aliphatic heterocycles. The van der Waals surface area contributed by atoms with Crippen molar-refractivity contribution in [2.24, 2.45) is 0 Å². The SMILES string of the molecule is Cc1ccc(C(=O)Nc2ccccc2CN(C)C)c(Br)c1. The van der Waals surface area contributed by atoms with Crippen LogP contribution in [0.25, 0.3) is 0 Å². The molecule has 0 atom stereocenters. The summed E-state index contributed by atoms with van der Waals surface area (Å²) < 4.78 is 0.810. The first-order chi connectivity index (χ1) is 9.97. The van der Waals surface area contributed by atoms with Crippen LogP contribution in [0.5, 0.6) is 0 Å². The highest BCUT2D eigenvalue weighted by atomic mass is 79.9. The first-order valence-electron chi connectivity index (χ1n) is 6.77. The monoisotopic (exact) mass is 346 g/mol. The molecule has 110 valence electrons. The van der Waals surface area contributed by atoms with Crippen molar-refractivity contribution in [1.29, 1.82) is 0 Å². The van der Waals surface area contributed by atoms with Crippen LogP contribution in [0.2, 0.25) is 0 Å². The molecule has 0 radical (unpaired) electrons. The minimum atomic E-state index is -0.104. The van der Waals surface area contributed by atoms with Gasteiger partial charge in [-0.05, 0) is 66.3 Å². The third-order valence-corrected chi connectivity index (χ3v) is 3.78. The van der Waals surface area contributed by atoms with E-state index in [9.17, 15) is 4.79 Å². The zero-order chi connectivity index (χ0) is 15.4. The zero-order valence-electron chi connectivity index (χ0n) is 12.5. The number of amides is 1. The second-order valence-corrected chi connectivity index (χ2v) is 6.19. The fraction of sp³-hybridized carbons (Fsp3) is 0.235. The third-order valence-electron chi connectivity index (χ3n) is 3.12. The Labute approximate surface area is 134 Å². The van der Waals surface area contributed by atoms with Crippen LogP contribution in [-0.2, 0) is 6.54 Å². The summed E-state index contributed by atoms with van der Waals surface area (Å²) >= 11 is 3.45. The average Bonchev–Trinajstić information content (AvgIpc) is 2.40. The first-order valence-corrected chi connectivity index (χ1v) is 7.57. The lowest BCUT2D eigenvalue weighted by Gasteiger charge is -2.15. The lowest BCUT2D eigenvalue weighted by molar-refractivity contribution is 0.102. The van der Waals surface area contributed by atoms with E-state index in [4.69, 9.17) is 0 Å². The van der Waals surface area contributed by atoms with Gasteiger partial charge in [0.2, 0.25) is 0 Å². The van der Waals surface area contributed by atoms with Crippen LogP contribution in [0.3, 0.4) is 0 Å². The van der Waals surface area contributed by atoms with E-state index in [1.165, 1.54) is 0 Å². The number of hydrogen-bond donors (Lipinski definition) is 1. The van der Waals surface area contributed by atoms with Crippen LogP contribution < -0.4 is 5.32 Å². The molecule has 3 nitrogen and oxygen atoms in total. The summed E-state index contributed by atoms with van der Waals surface area (Å²) in [5.74, 6) is -0.104. The predicted molar refractivity (Wildman–Crippen MR) is 90.7 cm³/mol. The maximum absolute atomic E-state index is 12.4. The summed E-state index contributed by atoms with van der Waals surface area (Å²) in [5, 5.41) is 3.00. The predicted octanol–water partition coefficient (Wildman–Crippen LogP) is 4.07. The van der Waals surface area contributed by atoms with Crippen LogP contribution in [-0.4, -0.2) is 24.9 Å². The molecule has 0 aliphatic rings. The summed E-state index contributed by atoms with van der Waals surface area (Å²) in [4.78, 5) is 14.5. The van der Waals surface area contributed by atoms with Gasteiger partial charge < -0.3 is 10.2 Å². The van der Waals surface area contributed by atoms with Gasteiger partial charge >= 0.3 is 0 Å². The van der Waals surface area contributed by atoms with Crippen molar-refractivity contribution in [1.82, 2.24) is 4.90 Å². The van der Waals surface area contributed by atoms with E-state index >= 15 is 0 Å². The van der Waals surface area contributed by atoms with Gasteiger partial charge in [0.05, 0.1) is 5.56 Å². The van der Waals surface area contributed by atoms with Crippen LogP contribution in [0, 0.1) is 6.92 Å². The zero-order valence-corrected chi connectivity index (χ0v) is 14.1. The summed E-state index contributed by atoms with van der Waals surface area (Å²) in [5.41, 5.74) is 3.70. The van der Waals surface area contributed by atoms with Crippen LogP contribution in [0.4, 0.5) is 5.69 Å². The highest BCUT2D eigenvalue weighted by Gasteiger charge is 2.12. The van der Waals surface area contributed by atoms with E-state index < -0.39 is 0 Å². The number of anilines is 1. The van der Waals surface area contributed by atoms with Crippen LogP contribution in [0.15, 0.2) is 46.9 Å². The van der Waals surface area contributed by atoms with E-state index in [0.29, 0.717) is 5.56 Å². The average molecular weight is 347 g/mol. The molecule has 0 aliphatic carbocycles. The van der Waals surface area contributed by atoms with E-state index in [-0.39, 0.29) is 5.91 Å². The second kappa shape index (κ2) is 6.87. The van der Waals surface area contributed by atoms with Crippen molar-refractivity contribution >= 4 is 27.5 Å². The van der Waals surface area contributed by atoms with Gasteiger partial charge in [-0.1, -0.05) is 24.3 Å². The number of rotatable bonds is 4.